The summed E-state index contributed by atoms with van der Waals surface area (Å²) in [5, 5.41) is 0. The molecule has 2 heteroatoms. The number of rotatable bonds is 9. The quantitative estimate of drug-likeness (QED) is 0.543. The van der Waals surface area contributed by atoms with Gasteiger partial charge in [-0.1, -0.05) is 51.9 Å². The van der Waals surface area contributed by atoms with Gasteiger partial charge in [0.25, 0.3) is 0 Å². The molecule has 0 fully saturated rings. The molecule has 0 bridgehead atoms. The molecule has 0 N–H and O–H groups in total. The average molecular weight is 224 g/mol. The van der Waals surface area contributed by atoms with Crippen LogP contribution in [0.1, 0.15) is 65.2 Å². The highest BCUT2D eigenvalue weighted by Gasteiger charge is 2.12. The number of unbranched alkanes of at least 4 members (excludes halogenated alkanes) is 6. The number of aliphatic imine (C=N–C) groups is 1. The lowest BCUT2D eigenvalue weighted by Gasteiger charge is -2.22. The van der Waals surface area contributed by atoms with Crippen molar-refractivity contribution in [1.29, 1.82) is 0 Å². The molecule has 94 valence electrons. The maximum absolute atomic E-state index is 4.26. The summed E-state index contributed by atoms with van der Waals surface area (Å²) in [4.78, 5) is 6.65. The van der Waals surface area contributed by atoms with Gasteiger partial charge in [-0.15, -0.1) is 0 Å². The van der Waals surface area contributed by atoms with E-state index in [1.165, 1.54) is 51.4 Å². The van der Waals surface area contributed by atoms with Crippen molar-refractivity contribution in [3.8, 4) is 0 Å². The zero-order valence-corrected chi connectivity index (χ0v) is 11.1. The standard InChI is InChI=1S/C14H28N2/c1-3-4-5-6-7-8-9-10-14(2)16-12-11-15-13-16/h13-14H,3-12H2,1-2H3/t14-/m1/s1. The maximum Gasteiger partial charge on any atom is 0.0853 e. The normalized spacial score (nSPS) is 17.0. The summed E-state index contributed by atoms with van der Waals surface area (Å²) in [6, 6.07) is 0.696. The second-order valence-corrected chi connectivity index (χ2v) is 5.02. The summed E-state index contributed by atoms with van der Waals surface area (Å²) >= 11 is 0. The van der Waals surface area contributed by atoms with Crippen LogP contribution in [0.3, 0.4) is 0 Å². The third-order valence-electron chi connectivity index (χ3n) is 3.51. The van der Waals surface area contributed by atoms with E-state index in [9.17, 15) is 0 Å². The molecule has 1 aliphatic heterocycles. The van der Waals surface area contributed by atoms with Gasteiger partial charge < -0.3 is 4.90 Å². The highest BCUT2D eigenvalue weighted by molar-refractivity contribution is 5.57. The predicted molar refractivity (Wildman–Crippen MR) is 72.1 cm³/mol. The zero-order chi connectivity index (χ0) is 11.6. The first-order valence-corrected chi connectivity index (χ1v) is 7.10. The van der Waals surface area contributed by atoms with Gasteiger partial charge in [-0.05, 0) is 13.3 Å². The van der Waals surface area contributed by atoms with E-state index in [0.717, 1.165) is 13.1 Å². The van der Waals surface area contributed by atoms with E-state index in [1.807, 2.05) is 6.34 Å². The Labute approximate surface area is 101 Å². The van der Waals surface area contributed by atoms with Crippen LogP contribution in [-0.2, 0) is 0 Å². The van der Waals surface area contributed by atoms with Crippen LogP contribution in [0.2, 0.25) is 0 Å². The Bertz CT molecular complexity index is 189. The summed E-state index contributed by atoms with van der Waals surface area (Å²) in [6.45, 7) is 6.74. The Morgan fingerprint density at radius 2 is 1.81 bits per heavy atom. The lowest BCUT2D eigenvalue weighted by atomic mass is 10.1. The van der Waals surface area contributed by atoms with Gasteiger partial charge in [0, 0.05) is 12.6 Å². The molecule has 0 saturated heterocycles. The SMILES string of the molecule is CCCCCCCCC[C@@H](C)N1C=NCC1. The van der Waals surface area contributed by atoms with Crippen molar-refractivity contribution in [3.05, 3.63) is 0 Å². The molecule has 0 aliphatic carbocycles. The molecular weight excluding hydrogens is 196 g/mol. The van der Waals surface area contributed by atoms with Gasteiger partial charge in [-0.3, -0.25) is 4.99 Å². The summed E-state index contributed by atoms with van der Waals surface area (Å²) in [7, 11) is 0. The number of hydrogen-bond acceptors (Lipinski definition) is 2. The van der Waals surface area contributed by atoms with Gasteiger partial charge in [0.2, 0.25) is 0 Å². The molecule has 1 heterocycles. The molecular formula is C14H28N2. The van der Waals surface area contributed by atoms with Crippen LogP contribution in [0.15, 0.2) is 4.99 Å². The van der Waals surface area contributed by atoms with Gasteiger partial charge in [0.1, 0.15) is 0 Å². The van der Waals surface area contributed by atoms with Gasteiger partial charge in [0.05, 0.1) is 12.9 Å². The van der Waals surface area contributed by atoms with Gasteiger partial charge in [-0.25, -0.2) is 0 Å². The first-order valence-electron chi connectivity index (χ1n) is 7.10. The van der Waals surface area contributed by atoms with Crippen molar-refractivity contribution in [2.45, 2.75) is 71.3 Å². The lowest BCUT2D eigenvalue weighted by molar-refractivity contribution is 0.337. The lowest BCUT2D eigenvalue weighted by Crippen LogP contribution is -2.30. The summed E-state index contributed by atoms with van der Waals surface area (Å²) in [6.07, 6.45) is 13.2. The topological polar surface area (TPSA) is 15.6 Å². The van der Waals surface area contributed by atoms with Crippen LogP contribution in [0.4, 0.5) is 0 Å². The molecule has 16 heavy (non-hydrogen) atoms. The molecule has 0 saturated carbocycles. The molecule has 0 amide bonds. The zero-order valence-electron chi connectivity index (χ0n) is 11.1. The van der Waals surface area contributed by atoms with Gasteiger partial charge in [-0.2, -0.15) is 0 Å². The van der Waals surface area contributed by atoms with E-state index in [-0.39, 0.29) is 0 Å². The fourth-order valence-electron chi connectivity index (χ4n) is 2.29. The average Bonchev–Trinajstić information content (AvgIpc) is 2.81. The Morgan fingerprint density at radius 3 is 2.44 bits per heavy atom. The molecule has 0 aromatic heterocycles. The van der Waals surface area contributed by atoms with Crippen molar-refractivity contribution in [2.75, 3.05) is 13.1 Å². The molecule has 1 rings (SSSR count). The predicted octanol–water partition coefficient (Wildman–Crippen LogP) is 3.86. The Balaban J connectivity index is 1.88. The number of hydrogen-bond donors (Lipinski definition) is 0. The Morgan fingerprint density at radius 1 is 1.12 bits per heavy atom. The van der Waals surface area contributed by atoms with Crippen molar-refractivity contribution in [2.24, 2.45) is 4.99 Å². The molecule has 0 spiro atoms. The first-order chi connectivity index (χ1) is 7.84. The van der Waals surface area contributed by atoms with Crippen LogP contribution in [0, 0.1) is 0 Å². The molecule has 1 aliphatic rings. The maximum atomic E-state index is 4.26. The van der Waals surface area contributed by atoms with E-state index in [0.29, 0.717) is 6.04 Å². The Hall–Kier alpha value is -0.530. The second-order valence-electron chi connectivity index (χ2n) is 5.02. The fraction of sp³-hybridized carbons (Fsp3) is 0.929. The molecule has 0 unspecified atom stereocenters. The summed E-state index contributed by atoms with van der Waals surface area (Å²) in [5.41, 5.74) is 0. The smallest absolute Gasteiger partial charge is 0.0853 e. The van der Waals surface area contributed by atoms with Gasteiger partial charge in [0.15, 0.2) is 0 Å². The molecule has 0 aromatic rings. The number of nitrogens with zero attached hydrogens (tertiary/aromatic N) is 2. The molecule has 0 radical (unpaired) electrons. The largest absolute Gasteiger partial charge is 0.358 e. The fourth-order valence-corrected chi connectivity index (χ4v) is 2.29. The summed E-state index contributed by atoms with van der Waals surface area (Å²) in [5.74, 6) is 0. The molecule has 2 nitrogen and oxygen atoms in total. The van der Waals surface area contributed by atoms with E-state index >= 15 is 0 Å². The third-order valence-corrected chi connectivity index (χ3v) is 3.51. The van der Waals surface area contributed by atoms with Crippen molar-refractivity contribution < 1.29 is 0 Å². The third kappa shape index (κ3) is 5.53. The highest BCUT2D eigenvalue weighted by atomic mass is 15.2. The van der Waals surface area contributed by atoms with Crippen LogP contribution in [0.25, 0.3) is 0 Å². The minimum absolute atomic E-state index is 0.696. The van der Waals surface area contributed by atoms with Crippen LogP contribution >= 0.6 is 0 Å². The Kier molecular flexibility index (Phi) is 7.28. The van der Waals surface area contributed by atoms with E-state index in [4.69, 9.17) is 0 Å². The van der Waals surface area contributed by atoms with E-state index in [1.54, 1.807) is 0 Å². The molecule has 0 aromatic carbocycles. The minimum Gasteiger partial charge on any atom is -0.358 e. The van der Waals surface area contributed by atoms with Crippen molar-refractivity contribution >= 4 is 6.34 Å². The van der Waals surface area contributed by atoms with Crippen LogP contribution in [0.5, 0.6) is 0 Å². The van der Waals surface area contributed by atoms with Crippen LogP contribution in [-0.4, -0.2) is 30.4 Å². The van der Waals surface area contributed by atoms with E-state index in [2.05, 4.69) is 23.7 Å². The minimum atomic E-state index is 0.696. The van der Waals surface area contributed by atoms with Crippen LogP contribution < -0.4 is 0 Å². The van der Waals surface area contributed by atoms with Crippen molar-refractivity contribution in [1.82, 2.24) is 4.90 Å². The summed E-state index contributed by atoms with van der Waals surface area (Å²) < 4.78 is 0. The first kappa shape index (κ1) is 13.5. The second kappa shape index (κ2) is 8.60. The van der Waals surface area contributed by atoms with E-state index < -0.39 is 0 Å². The van der Waals surface area contributed by atoms with Gasteiger partial charge >= 0.3 is 0 Å². The van der Waals surface area contributed by atoms with Crippen molar-refractivity contribution in [3.63, 3.8) is 0 Å². The molecule has 1 atom stereocenters. The monoisotopic (exact) mass is 224 g/mol. The highest BCUT2D eigenvalue weighted by Crippen LogP contribution is 2.12.